The highest BCUT2D eigenvalue weighted by Gasteiger charge is 2.51. The lowest BCUT2D eigenvalue weighted by Gasteiger charge is -2.19. The number of carbonyl (C=O) groups excluding carboxylic acids is 1. The van der Waals surface area contributed by atoms with Gasteiger partial charge < -0.3 is 4.74 Å². The van der Waals surface area contributed by atoms with Crippen molar-refractivity contribution in [2.24, 2.45) is 0 Å². The number of methoxy groups -OCH3 is 1. The molecule has 20 heavy (non-hydrogen) atoms. The molecule has 0 unspecified atom stereocenters. The van der Waals surface area contributed by atoms with Gasteiger partial charge in [-0.25, -0.2) is 0 Å². The summed E-state index contributed by atoms with van der Waals surface area (Å²) in [6, 6.07) is 12.1. The van der Waals surface area contributed by atoms with Crippen molar-refractivity contribution in [3.63, 3.8) is 0 Å². The minimum Gasteiger partial charge on any atom is -0.468 e. The van der Waals surface area contributed by atoms with Crippen LogP contribution < -0.4 is 0 Å². The van der Waals surface area contributed by atoms with E-state index in [0.29, 0.717) is 0 Å². The Balaban J connectivity index is 1.94. The zero-order valence-corrected chi connectivity index (χ0v) is 11.4. The van der Waals surface area contributed by atoms with Crippen LogP contribution >= 0.6 is 0 Å². The summed E-state index contributed by atoms with van der Waals surface area (Å²) >= 11 is 0. The molecule has 1 heterocycles. The van der Waals surface area contributed by atoms with Gasteiger partial charge in [0, 0.05) is 13.0 Å². The molecular formula is C16H15NO3. The quantitative estimate of drug-likeness (QED) is 0.745. The molecule has 0 amide bonds. The third kappa shape index (κ3) is 1.35. The highest BCUT2D eigenvalue weighted by atomic mass is 16.7. The first-order chi connectivity index (χ1) is 9.72. The van der Waals surface area contributed by atoms with Crippen molar-refractivity contribution in [1.82, 2.24) is 5.06 Å². The van der Waals surface area contributed by atoms with Crippen LogP contribution in [0.1, 0.15) is 23.1 Å². The fourth-order valence-electron chi connectivity index (χ4n) is 3.62. The molecule has 4 heteroatoms. The second kappa shape index (κ2) is 4.04. The average Bonchev–Trinajstić information content (AvgIpc) is 2.96. The Morgan fingerprint density at radius 3 is 2.60 bits per heavy atom. The largest absolute Gasteiger partial charge is 0.468 e. The summed E-state index contributed by atoms with van der Waals surface area (Å²) in [7, 11) is 3.22. The minimum atomic E-state index is -0.386. The SMILES string of the molecule is COC(=O)[C@H]1[C@H]2c3cccc4cccc(c34)[C@H]2ON1C. The molecule has 1 aliphatic heterocycles. The molecule has 3 atom stereocenters. The van der Waals surface area contributed by atoms with E-state index in [9.17, 15) is 4.79 Å². The van der Waals surface area contributed by atoms with Gasteiger partial charge in [-0.2, -0.15) is 5.06 Å². The van der Waals surface area contributed by atoms with Gasteiger partial charge in [0.25, 0.3) is 0 Å². The third-order valence-electron chi connectivity index (χ3n) is 4.42. The standard InChI is InChI=1S/C16H15NO3/c1-17-14(16(18)19-2)13-10-7-3-5-9-6-4-8-11(12(9)10)15(13)20-17/h3-8,13-15H,1-2H3/t13-,14-,15-/m1/s1. The summed E-state index contributed by atoms with van der Waals surface area (Å²) < 4.78 is 4.95. The lowest BCUT2D eigenvalue weighted by atomic mass is 9.91. The van der Waals surface area contributed by atoms with Crippen LogP contribution in [0.25, 0.3) is 10.8 Å². The lowest BCUT2D eigenvalue weighted by molar-refractivity contribution is -0.170. The van der Waals surface area contributed by atoms with Crippen LogP contribution in [-0.2, 0) is 14.4 Å². The minimum absolute atomic E-state index is 0.00792. The van der Waals surface area contributed by atoms with Crippen LogP contribution in [0.5, 0.6) is 0 Å². The predicted octanol–water partition coefficient (Wildman–Crippen LogP) is 2.40. The van der Waals surface area contributed by atoms with Crippen molar-refractivity contribution in [1.29, 1.82) is 0 Å². The second-order valence-electron chi connectivity index (χ2n) is 5.36. The van der Waals surface area contributed by atoms with Crippen LogP contribution in [0.4, 0.5) is 0 Å². The summed E-state index contributed by atoms with van der Waals surface area (Å²) in [5.41, 5.74) is 2.35. The smallest absolute Gasteiger partial charge is 0.326 e. The number of hydrogen-bond acceptors (Lipinski definition) is 4. The van der Waals surface area contributed by atoms with Crippen molar-refractivity contribution < 1.29 is 14.4 Å². The number of hydroxylamine groups is 2. The average molecular weight is 269 g/mol. The molecule has 1 saturated heterocycles. The molecule has 0 radical (unpaired) electrons. The predicted molar refractivity (Wildman–Crippen MR) is 74.1 cm³/mol. The molecule has 2 aromatic rings. The molecule has 0 bridgehead atoms. The van der Waals surface area contributed by atoms with Gasteiger partial charge in [-0.05, 0) is 21.9 Å². The molecule has 2 aromatic carbocycles. The Labute approximate surface area is 116 Å². The van der Waals surface area contributed by atoms with E-state index < -0.39 is 0 Å². The van der Waals surface area contributed by atoms with Gasteiger partial charge in [0.2, 0.25) is 0 Å². The Morgan fingerprint density at radius 1 is 1.20 bits per heavy atom. The topological polar surface area (TPSA) is 38.8 Å². The Kier molecular flexibility index (Phi) is 2.40. The first-order valence-corrected chi connectivity index (χ1v) is 6.71. The van der Waals surface area contributed by atoms with Gasteiger partial charge in [-0.3, -0.25) is 9.63 Å². The number of carbonyl (C=O) groups is 1. The van der Waals surface area contributed by atoms with E-state index in [1.165, 1.54) is 29.0 Å². The summed E-state index contributed by atoms with van der Waals surface area (Å²) in [4.78, 5) is 18.0. The van der Waals surface area contributed by atoms with E-state index >= 15 is 0 Å². The fourth-order valence-corrected chi connectivity index (χ4v) is 3.62. The summed E-state index contributed by atoms with van der Waals surface area (Å²) in [6.07, 6.45) is -0.0924. The number of ether oxygens (including phenoxy) is 1. The molecule has 0 N–H and O–H groups in total. The summed E-state index contributed by atoms with van der Waals surface area (Å²) in [5, 5.41) is 4.06. The van der Waals surface area contributed by atoms with E-state index in [-0.39, 0.29) is 24.0 Å². The van der Waals surface area contributed by atoms with E-state index in [2.05, 4.69) is 24.3 Å². The van der Waals surface area contributed by atoms with Crippen molar-refractivity contribution in [2.45, 2.75) is 18.1 Å². The van der Waals surface area contributed by atoms with Gasteiger partial charge >= 0.3 is 5.97 Å². The fraction of sp³-hybridized carbons (Fsp3) is 0.312. The second-order valence-corrected chi connectivity index (χ2v) is 5.36. The van der Waals surface area contributed by atoms with Crippen LogP contribution in [0.2, 0.25) is 0 Å². The van der Waals surface area contributed by atoms with Gasteiger partial charge in [-0.1, -0.05) is 36.4 Å². The van der Waals surface area contributed by atoms with E-state index in [4.69, 9.17) is 9.57 Å². The lowest BCUT2D eigenvalue weighted by Crippen LogP contribution is -2.36. The van der Waals surface area contributed by atoms with E-state index in [1.807, 2.05) is 12.1 Å². The number of benzene rings is 2. The number of likely N-dealkylation sites (N-methyl/N-ethyl adjacent to an activating group) is 1. The normalized spacial score (nSPS) is 27.8. The molecule has 0 spiro atoms. The highest BCUT2D eigenvalue weighted by Crippen LogP contribution is 2.53. The van der Waals surface area contributed by atoms with E-state index in [0.717, 1.165) is 0 Å². The molecule has 4 nitrogen and oxygen atoms in total. The number of esters is 1. The van der Waals surface area contributed by atoms with Gasteiger partial charge in [0.1, 0.15) is 12.1 Å². The third-order valence-corrected chi connectivity index (χ3v) is 4.42. The molecular weight excluding hydrogens is 254 g/mol. The molecule has 0 saturated carbocycles. The van der Waals surface area contributed by atoms with Crippen LogP contribution in [0.3, 0.4) is 0 Å². The maximum absolute atomic E-state index is 12.1. The Hall–Kier alpha value is -1.91. The molecule has 1 fully saturated rings. The molecule has 2 aliphatic rings. The Bertz CT molecular complexity index is 707. The number of hydrogen-bond donors (Lipinski definition) is 0. The number of nitrogens with zero attached hydrogens (tertiary/aromatic N) is 1. The van der Waals surface area contributed by atoms with Gasteiger partial charge in [-0.15, -0.1) is 0 Å². The number of fused-ring (bicyclic) bond motifs is 3. The maximum atomic E-state index is 12.1. The molecule has 1 aliphatic carbocycles. The highest BCUT2D eigenvalue weighted by molar-refractivity contribution is 5.93. The molecule has 0 aromatic heterocycles. The molecule has 102 valence electrons. The van der Waals surface area contributed by atoms with Crippen molar-refractivity contribution >= 4 is 16.7 Å². The van der Waals surface area contributed by atoms with E-state index in [1.54, 1.807) is 12.1 Å². The van der Waals surface area contributed by atoms with Crippen LogP contribution in [0, 0.1) is 0 Å². The molecule has 4 rings (SSSR count). The maximum Gasteiger partial charge on any atom is 0.326 e. The van der Waals surface area contributed by atoms with Crippen molar-refractivity contribution in [3.8, 4) is 0 Å². The van der Waals surface area contributed by atoms with Crippen LogP contribution in [0.15, 0.2) is 36.4 Å². The zero-order chi connectivity index (χ0) is 13.9. The monoisotopic (exact) mass is 269 g/mol. The first kappa shape index (κ1) is 11.9. The van der Waals surface area contributed by atoms with Crippen LogP contribution in [-0.4, -0.2) is 31.2 Å². The van der Waals surface area contributed by atoms with Gasteiger partial charge in [0.05, 0.1) is 7.11 Å². The summed E-state index contributed by atoms with van der Waals surface area (Å²) in [6.45, 7) is 0. The summed E-state index contributed by atoms with van der Waals surface area (Å²) in [5.74, 6) is -0.238. The number of rotatable bonds is 1. The first-order valence-electron chi connectivity index (χ1n) is 6.71. The van der Waals surface area contributed by atoms with Crippen molar-refractivity contribution in [2.75, 3.05) is 14.2 Å². The van der Waals surface area contributed by atoms with Crippen molar-refractivity contribution in [3.05, 3.63) is 47.5 Å². The zero-order valence-electron chi connectivity index (χ0n) is 11.4. The Morgan fingerprint density at radius 2 is 1.90 bits per heavy atom. The van der Waals surface area contributed by atoms with Gasteiger partial charge in [0.15, 0.2) is 0 Å².